The quantitative estimate of drug-likeness (QED) is 0.551. The fourth-order valence-corrected chi connectivity index (χ4v) is 2.61. The standard InChI is InChI=1S/C11H17ClOSi/c1-8-6-9(2)11(10(3)7-8)13-14(4,5)12/h6-7H,1-5H3. The molecule has 0 spiro atoms. The molecule has 0 aliphatic heterocycles. The summed E-state index contributed by atoms with van der Waals surface area (Å²) in [5, 5.41) is 0. The van der Waals surface area contributed by atoms with Gasteiger partial charge in [-0.2, -0.15) is 0 Å². The predicted molar refractivity (Wildman–Crippen MR) is 64.6 cm³/mol. The van der Waals surface area contributed by atoms with Gasteiger partial charge >= 0.3 is 7.63 Å². The van der Waals surface area contributed by atoms with Gasteiger partial charge in [0.1, 0.15) is 5.75 Å². The number of hydrogen-bond acceptors (Lipinski definition) is 1. The molecule has 0 amide bonds. The van der Waals surface area contributed by atoms with Gasteiger partial charge in [0.25, 0.3) is 0 Å². The Hall–Kier alpha value is -0.473. The van der Waals surface area contributed by atoms with Crippen LogP contribution in [0, 0.1) is 20.8 Å². The smallest absolute Gasteiger partial charge is 0.341 e. The highest BCUT2D eigenvalue weighted by Crippen LogP contribution is 2.28. The first kappa shape index (κ1) is 11.6. The lowest BCUT2D eigenvalue weighted by atomic mass is 10.1. The molecule has 0 saturated heterocycles. The maximum absolute atomic E-state index is 6.17. The Bertz CT molecular complexity index is 319. The molecule has 1 aromatic carbocycles. The van der Waals surface area contributed by atoms with E-state index in [1.165, 1.54) is 16.7 Å². The fourth-order valence-electron chi connectivity index (χ4n) is 1.57. The lowest BCUT2D eigenvalue weighted by Gasteiger charge is -2.20. The van der Waals surface area contributed by atoms with Crippen molar-refractivity contribution in [3.05, 3.63) is 28.8 Å². The van der Waals surface area contributed by atoms with Crippen LogP contribution in [0.4, 0.5) is 0 Å². The average molecular weight is 229 g/mol. The average Bonchev–Trinajstić information content (AvgIpc) is 1.95. The Labute approximate surface area is 91.9 Å². The molecule has 78 valence electrons. The highest BCUT2D eigenvalue weighted by Gasteiger charge is 2.22. The monoisotopic (exact) mass is 228 g/mol. The van der Waals surface area contributed by atoms with Crippen LogP contribution in [0.2, 0.25) is 13.1 Å². The zero-order valence-corrected chi connectivity index (χ0v) is 11.2. The number of rotatable bonds is 2. The Morgan fingerprint density at radius 2 is 1.50 bits per heavy atom. The van der Waals surface area contributed by atoms with Crippen LogP contribution >= 0.6 is 11.1 Å². The van der Waals surface area contributed by atoms with Gasteiger partial charge in [-0.1, -0.05) is 17.7 Å². The summed E-state index contributed by atoms with van der Waals surface area (Å²) in [5.74, 6) is 0.960. The zero-order chi connectivity index (χ0) is 10.9. The number of benzene rings is 1. The summed E-state index contributed by atoms with van der Waals surface area (Å²) in [6.45, 7) is 10.2. The molecule has 0 aliphatic carbocycles. The van der Waals surface area contributed by atoms with Crippen LogP contribution in [0.15, 0.2) is 12.1 Å². The molecule has 1 aromatic rings. The van der Waals surface area contributed by atoms with Crippen molar-refractivity contribution in [2.24, 2.45) is 0 Å². The van der Waals surface area contributed by atoms with Crippen LogP contribution in [0.3, 0.4) is 0 Å². The Morgan fingerprint density at radius 1 is 1.07 bits per heavy atom. The van der Waals surface area contributed by atoms with E-state index in [1.54, 1.807) is 0 Å². The van der Waals surface area contributed by atoms with Gasteiger partial charge in [0.05, 0.1) is 0 Å². The molecule has 0 radical (unpaired) electrons. The van der Waals surface area contributed by atoms with Crippen LogP contribution in [-0.2, 0) is 0 Å². The minimum atomic E-state index is -2.01. The molecule has 0 heterocycles. The molecule has 1 rings (SSSR count). The molecule has 14 heavy (non-hydrogen) atoms. The normalized spacial score (nSPS) is 11.6. The second-order valence-electron chi connectivity index (χ2n) is 4.19. The van der Waals surface area contributed by atoms with Crippen molar-refractivity contribution in [1.29, 1.82) is 0 Å². The first-order valence-electron chi connectivity index (χ1n) is 4.75. The molecular formula is C11H17ClOSi. The molecule has 0 atom stereocenters. The second-order valence-corrected chi connectivity index (χ2v) is 9.85. The van der Waals surface area contributed by atoms with Gasteiger partial charge < -0.3 is 4.43 Å². The van der Waals surface area contributed by atoms with Gasteiger partial charge in [-0.25, -0.2) is 0 Å². The van der Waals surface area contributed by atoms with Gasteiger partial charge in [0.2, 0.25) is 0 Å². The van der Waals surface area contributed by atoms with Crippen molar-refractivity contribution in [1.82, 2.24) is 0 Å². The van der Waals surface area contributed by atoms with Crippen LogP contribution in [0.25, 0.3) is 0 Å². The molecular weight excluding hydrogens is 212 g/mol. The molecule has 0 bridgehead atoms. The predicted octanol–water partition coefficient (Wildman–Crippen LogP) is 3.93. The largest absolute Gasteiger partial charge is 0.529 e. The maximum atomic E-state index is 6.17. The van der Waals surface area contributed by atoms with Crippen LogP contribution in [0.1, 0.15) is 16.7 Å². The van der Waals surface area contributed by atoms with E-state index in [2.05, 4.69) is 32.9 Å². The minimum Gasteiger partial charge on any atom is -0.529 e. The molecule has 0 fully saturated rings. The Morgan fingerprint density at radius 3 is 1.86 bits per heavy atom. The molecule has 0 saturated carbocycles. The third-order valence-electron chi connectivity index (χ3n) is 1.95. The summed E-state index contributed by atoms with van der Waals surface area (Å²) in [5.41, 5.74) is 3.61. The van der Waals surface area contributed by atoms with Crippen molar-refractivity contribution >= 4 is 18.7 Å². The van der Waals surface area contributed by atoms with Gasteiger partial charge in [-0.3, -0.25) is 0 Å². The van der Waals surface area contributed by atoms with E-state index in [4.69, 9.17) is 15.5 Å². The van der Waals surface area contributed by atoms with E-state index < -0.39 is 7.63 Å². The third-order valence-corrected chi connectivity index (χ3v) is 2.87. The number of halogens is 1. The zero-order valence-electron chi connectivity index (χ0n) is 9.44. The van der Waals surface area contributed by atoms with Crippen molar-refractivity contribution in [2.75, 3.05) is 0 Å². The van der Waals surface area contributed by atoms with E-state index in [1.807, 2.05) is 13.1 Å². The molecule has 3 heteroatoms. The SMILES string of the molecule is Cc1cc(C)c(O[Si](C)(C)Cl)c(C)c1. The van der Waals surface area contributed by atoms with Crippen molar-refractivity contribution in [3.8, 4) is 5.75 Å². The van der Waals surface area contributed by atoms with Crippen molar-refractivity contribution < 1.29 is 4.43 Å². The Balaban J connectivity index is 3.09. The van der Waals surface area contributed by atoms with E-state index in [0.29, 0.717) is 0 Å². The minimum absolute atomic E-state index is 0.960. The van der Waals surface area contributed by atoms with Crippen LogP contribution in [0.5, 0.6) is 5.75 Å². The highest BCUT2D eigenvalue weighted by atomic mass is 35.6. The summed E-state index contributed by atoms with van der Waals surface area (Å²) in [6, 6.07) is 4.25. The first-order chi connectivity index (χ1) is 6.29. The fraction of sp³-hybridized carbons (Fsp3) is 0.455. The molecule has 0 unspecified atom stereocenters. The van der Waals surface area contributed by atoms with Crippen LogP contribution < -0.4 is 4.43 Å². The summed E-state index contributed by atoms with van der Waals surface area (Å²) >= 11 is 6.17. The van der Waals surface area contributed by atoms with Crippen LogP contribution in [-0.4, -0.2) is 7.63 Å². The van der Waals surface area contributed by atoms with Gasteiger partial charge in [0, 0.05) is 0 Å². The topological polar surface area (TPSA) is 9.23 Å². The molecule has 0 aliphatic rings. The third kappa shape index (κ3) is 3.03. The number of hydrogen-bond donors (Lipinski definition) is 0. The Kier molecular flexibility index (Phi) is 3.27. The van der Waals surface area contributed by atoms with E-state index in [-0.39, 0.29) is 0 Å². The van der Waals surface area contributed by atoms with Gasteiger partial charge in [-0.05, 0) is 45.0 Å². The molecule has 0 N–H and O–H groups in total. The van der Waals surface area contributed by atoms with E-state index >= 15 is 0 Å². The summed E-state index contributed by atoms with van der Waals surface area (Å²) < 4.78 is 5.82. The molecule has 1 nitrogen and oxygen atoms in total. The lowest BCUT2D eigenvalue weighted by Crippen LogP contribution is -2.27. The van der Waals surface area contributed by atoms with Gasteiger partial charge in [-0.15, -0.1) is 11.1 Å². The first-order valence-corrected chi connectivity index (χ1v) is 8.67. The second kappa shape index (κ2) is 3.95. The molecule has 0 aromatic heterocycles. The van der Waals surface area contributed by atoms with E-state index in [9.17, 15) is 0 Å². The lowest BCUT2D eigenvalue weighted by molar-refractivity contribution is 0.561. The van der Waals surface area contributed by atoms with E-state index in [0.717, 1.165) is 5.75 Å². The summed E-state index contributed by atoms with van der Waals surface area (Å²) in [7, 11) is -2.01. The van der Waals surface area contributed by atoms with Gasteiger partial charge in [0.15, 0.2) is 0 Å². The summed E-state index contributed by atoms with van der Waals surface area (Å²) in [4.78, 5) is 0. The maximum Gasteiger partial charge on any atom is 0.341 e. The summed E-state index contributed by atoms with van der Waals surface area (Å²) in [6.07, 6.45) is 0. The number of aryl methyl sites for hydroxylation is 3. The van der Waals surface area contributed by atoms with Crippen molar-refractivity contribution in [3.63, 3.8) is 0 Å². The van der Waals surface area contributed by atoms with Crippen molar-refractivity contribution in [2.45, 2.75) is 33.9 Å². The highest BCUT2D eigenvalue weighted by molar-refractivity contribution is 7.15.